The number of aromatic nitrogens is 2. The third-order valence-electron chi connectivity index (χ3n) is 4.50. The van der Waals surface area contributed by atoms with Crippen molar-refractivity contribution in [1.82, 2.24) is 14.5 Å². The number of carbonyl (C=O) groups is 1. The second-order valence-corrected chi connectivity index (χ2v) is 6.25. The fraction of sp³-hybridized carbons (Fsp3) is 0.444. The van der Waals surface area contributed by atoms with Crippen LogP contribution in [0.5, 0.6) is 0 Å². The maximum absolute atomic E-state index is 12.9. The van der Waals surface area contributed by atoms with E-state index in [0.29, 0.717) is 12.5 Å². The largest absolute Gasteiger partial charge is 0.341 e. The average molecular weight is 315 g/mol. The van der Waals surface area contributed by atoms with Crippen LogP contribution in [-0.4, -0.2) is 33.4 Å². The SMILES string of the molecule is O=C(Cn1ccnc1)N1CCC[C@@H](CCc2ccc(F)cc2)C1. The second-order valence-electron chi connectivity index (χ2n) is 6.25. The van der Waals surface area contributed by atoms with Crippen LogP contribution < -0.4 is 0 Å². The number of piperidine rings is 1. The lowest BCUT2D eigenvalue weighted by Crippen LogP contribution is -2.41. The van der Waals surface area contributed by atoms with E-state index in [1.165, 1.54) is 12.1 Å². The van der Waals surface area contributed by atoms with E-state index in [-0.39, 0.29) is 11.7 Å². The zero-order valence-corrected chi connectivity index (χ0v) is 13.2. The zero-order valence-electron chi connectivity index (χ0n) is 13.2. The van der Waals surface area contributed by atoms with E-state index >= 15 is 0 Å². The molecule has 1 aromatic heterocycles. The molecule has 0 aliphatic carbocycles. The van der Waals surface area contributed by atoms with Crippen LogP contribution in [0.4, 0.5) is 4.39 Å². The molecule has 0 unspecified atom stereocenters. The fourth-order valence-corrected chi connectivity index (χ4v) is 3.19. The van der Waals surface area contributed by atoms with Crippen molar-refractivity contribution in [2.75, 3.05) is 13.1 Å². The number of aryl methyl sites for hydroxylation is 1. The molecule has 0 bridgehead atoms. The summed E-state index contributed by atoms with van der Waals surface area (Å²) in [5.74, 6) is 0.498. The van der Waals surface area contributed by atoms with Gasteiger partial charge in [0.25, 0.3) is 0 Å². The van der Waals surface area contributed by atoms with Gasteiger partial charge in [-0.3, -0.25) is 4.79 Å². The fourth-order valence-electron chi connectivity index (χ4n) is 3.19. The third kappa shape index (κ3) is 4.41. The van der Waals surface area contributed by atoms with Gasteiger partial charge in [0.15, 0.2) is 0 Å². The van der Waals surface area contributed by atoms with Crippen LogP contribution in [0.15, 0.2) is 43.0 Å². The number of amides is 1. The Hall–Kier alpha value is -2.17. The van der Waals surface area contributed by atoms with Crippen LogP contribution in [0.3, 0.4) is 0 Å². The average Bonchev–Trinajstić information content (AvgIpc) is 3.07. The molecule has 0 radical (unpaired) electrons. The quantitative estimate of drug-likeness (QED) is 0.851. The van der Waals surface area contributed by atoms with Gasteiger partial charge in [0.2, 0.25) is 5.91 Å². The van der Waals surface area contributed by atoms with Gasteiger partial charge in [0, 0.05) is 25.5 Å². The lowest BCUT2D eigenvalue weighted by atomic mass is 9.91. The standard InChI is InChI=1S/C18H22FN3O/c19-17-7-5-15(6-8-17)3-4-16-2-1-10-22(12-16)18(23)13-21-11-9-20-14-21/h5-9,11,14,16H,1-4,10,12-13H2/t16-/m0/s1. The number of hydrogen-bond donors (Lipinski definition) is 0. The van der Waals surface area contributed by atoms with E-state index in [1.54, 1.807) is 12.5 Å². The summed E-state index contributed by atoms with van der Waals surface area (Å²) in [5, 5.41) is 0. The van der Waals surface area contributed by atoms with E-state index in [1.807, 2.05) is 27.8 Å². The Morgan fingerprint density at radius 2 is 2.13 bits per heavy atom. The molecule has 2 aromatic rings. The number of halogens is 1. The molecule has 1 aromatic carbocycles. The maximum Gasteiger partial charge on any atom is 0.242 e. The summed E-state index contributed by atoms with van der Waals surface area (Å²) in [7, 11) is 0. The minimum absolute atomic E-state index is 0.162. The van der Waals surface area contributed by atoms with Crippen molar-refractivity contribution < 1.29 is 9.18 Å². The highest BCUT2D eigenvalue weighted by atomic mass is 19.1. The highest BCUT2D eigenvalue weighted by Gasteiger charge is 2.23. The van der Waals surface area contributed by atoms with Gasteiger partial charge < -0.3 is 9.47 Å². The maximum atomic E-state index is 12.9. The molecule has 0 N–H and O–H groups in total. The summed E-state index contributed by atoms with van der Waals surface area (Å²) in [6.45, 7) is 2.04. The number of hydrogen-bond acceptors (Lipinski definition) is 2. The minimum atomic E-state index is -0.192. The molecule has 1 atom stereocenters. The zero-order chi connectivity index (χ0) is 16.1. The first-order valence-electron chi connectivity index (χ1n) is 8.18. The molecule has 1 saturated heterocycles. The molecule has 3 rings (SSSR count). The predicted octanol–water partition coefficient (Wildman–Crippen LogP) is 2.89. The van der Waals surface area contributed by atoms with Gasteiger partial charge in [-0.25, -0.2) is 9.37 Å². The van der Waals surface area contributed by atoms with Crippen molar-refractivity contribution in [2.24, 2.45) is 5.92 Å². The molecule has 2 heterocycles. The van der Waals surface area contributed by atoms with Gasteiger partial charge in [-0.1, -0.05) is 12.1 Å². The van der Waals surface area contributed by atoms with Crippen molar-refractivity contribution in [2.45, 2.75) is 32.2 Å². The number of imidazole rings is 1. The highest BCUT2D eigenvalue weighted by Crippen LogP contribution is 2.22. The third-order valence-corrected chi connectivity index (χ3v) is 4.50. The summed E-state index contributed by atoms with van der Waals surface area (Å²) in [4.78, 5) is 18.3. The smallest absolute Gasteiger partial charge is 0.242 e. The number of carbonyl (C=O) groups excluding carboxylic acids is 1. The summed E-state index contributed by atoms with van der Waals surface area (Å²) >= 11 is 0. The molecular weight excluding hydrogens is 293 g/mol. The summed E-state index contributed by atoms with van der Waals surface area (Å²) in [6, 6.07) is 6.72. The van der Waals surface area contributed by atoms with E-state index in [0.717, 1.165) is 44.3 Å². The van der Waals surface area contributed by atoms with Crippen LogP contribution >= 0.6 is 0 Å². The topological polar surface area (TPSA) is 38.1 Å². The van der Waals surface area contributed by atoms with Crippen molar-refractivity contribution in [3.63, 3.8) is 0 Å². The van der Waals surface area contributed by atoms with Gasteiger partial charge >= 0.3 is 0 Å². The van der Waals surface area contributed by atoms with Gasteiger partial charge in [-0.2, -0.15) is 0 Å². The van der Waals surface area contributed by atoms with Gasteiger partial charge in [0.05, 0.1) is 6.33 Å². The summed E-state index contributed by atoms with van der Waals surface area (Å²) in [6.07, 6.45) is 9.38. The Labute approximate surface area is 135 Å². The van der Waals surface area contributed by atoms with Crippen LogP contribution in [0, 0.1) is 11.7 Å². The normalized spacial score (nSPS) is 18.1. The highest BCUT2D eigenvalue weighted by molar-refractivity contribution is 5.76. The first-order chi connectivity index (χ1) is 11.2. The molecule has 23 heavy (non-hydrogen) atoms. The molecule has 0 saturated carbocycles. The molecule has 1 aliphatic heterocycles. The first kappa shape index (κ1) is 15.7. The molecule has 122 valence electrons. The van der Waals surface area contributed by atoms with E-state index in [4.69, 9.17) is 0 Å². The molecule has 4 nitrogen and oxygen atoms in total. The van der Waals surface area contributed by atoms with E-state index in [9.17, 15) is 9.18 Å². The van der Waals surface area contributed by atoms with Crippen LogP contribution in [0.2, 0.25) is 0 Å². The minimum Gasteiger partial charge on any atom is -0.341 e. The van der Waals surface area contributed by atoms with Crippen LogP contribution in [0.25, 0.3) is 0 Å². The lowest BCUT2D eigenvalue weighted by Gasteiger charge is -2.33. The molecule has 0 spiro atoms. The van der Waals surface area contributed by atoms with Gasteiger partial charge in [-0.05, 0) is 49.3 Å². The number of likely N-dealkylation sites (tertiary alicyclic amines) is 1. The number of benzene rings is 1. The molecule has 1 fully saturated rings. The van der Waals surface area contributed by atoms with Crippen LogP contribution in [-0.2, 0) is 17.8 Å². The summed E-state index contributed by atoms with van der Waals surface area (Å²) < 4.78 is 14.7. The van der Waals surface area contributed by atoms with E-state index in [2.05, 4.69) is 4.98 Å². The van der Waals surface area contributed by atoms with Crippen molar-refractivity contribution in [3.05, 3.63) is 54.4 Å². The first-order valence-corrected chi connectivity index (χ1v) is 8.18. The Morgan fingerprint density at radius 3 is 2.87 bits per heavy atom. The Bertz CT molecular complexity index is 624. The molecular formula is C18H22FN3O. The summed E-state index contributed by atoms with van der Waals surface area (Å²) in [5.41, 5.74) is 1.16. The van der Waals surface area contributed by atoms with Gasteiger partial charge in [-0.15, -0.1) is 0 Å². The molecule has 1 amide bonds. The second kappa shape index (κ2) is 7.40. The Kier molecular flexibility index (Phi) is 5.05. The van der Waals surface area contributed by atoms with Crippen molar-refractivity contribution in [3.8, 4) is 0 Å². The number of rotatable bonds is 5. The Balaban J connectivity index is 1.49. The predicted molar refractivity (Wildman–Crippen MR) is 86.3 cm³/mol. The van der Waals surface area contributed by atoms with E-state index < -0.39 is 0 Å². The Morgan fingerprint density at radius 1 is 1.30 bits per heavy atom. The molecule has 5 heteroatoms. The van der Waals surface area contributed by atoms with Crippen molar-refractivity contribution >= 4 is 5.91 Å². The monoisotopic (exact) mass is 315 g/mol. The number of nitrogens with zero attached hydrogens (tertiary/aromatic N) is 3. The molecule has 1 aliphatic rings. The lowest BCUT2D eigenvalue weighted by molar-refractivity contribution is -0.133. The van der Waals surface area contributed by atoms with Crippen LogP contribution in [0.1, 0.15) is 24.8 Å². The van der Waals surface area contributed by atoms with Gasteiger partial charge in [0.1, 0.15) is 12.4 Å². The van der Waals surface area contributed by atoms with Crippen molar-refractivity contribution in [1.29, 1.82) is 0 Å².